The lowest BCUT2D eigenvalue weighted by Gasteiger charge is -2.35. The fourth-order valence-corrected chi connectivity index (χ4v) is 3.62. The van der Waals surface area contributed by atoms with Crippen molar-refractivity contribution in [1.29, 1.82) is 0 Å². The van der Waals surface area contributed by atoms with Gasteiger partial charge < -0.3 is 15.0 Å². The molecule has 2 heterocycles. The fraction of sp³-hybridized carbons (Fsp3) is 0.684. The van der Waals surface area contributed by atoms with Crippen LogP contribution in [0.5, 0.6) is 5.75 Å². The predicted octanol–water partition coefficient (Wildman–Crippen LogP) is 3.57. The van der Waals surface area contributed by atoms with Crippen molar-refractivity contribution < 1.29 is 4.74 Å². The van der Waals surface area contributed by atoms with Crippen molar-refractivity contribution in [3.05, 3.63) is 29.3 Å². The van der Waals surface area contributed by atoms with Gasteiger partial charge in [-0.1, -0.05) is 6.07 Å². The van der Waals surface area contributed by atoms with Gasteiger partial charge in [-0.3, -0.25) is 0 Å². The highest BCUT2D eigenvalue weighted by molar-refractivity contribution is 5.85. The molecule has 130 valence electrons. The van der Waals surface area contributed by atoms with E-state index < -0.39 is 0 Å². The van der Waals surface area contributed by atoms with Crippen molar-refractivity contribution in [2.24, 2.45) is 5.92 Å². The summed E-state index contributed by atoms with van der Waals surface area (Å²) in [5.41, 5.74) is 2.66. The zero-order valence-electron chi connectivity index (χ0n) is 14.5. The molecule has 0 saturated carbocycles. The van der Waals surface area contributed by atoms with Crippen LogP contribution in [0.2, 0.25) is 0 Å². The zero-order valence-corrected chi connectivity index (χ0v) is 15.3. The summed E-state index contributed by atoms with van der Waals surface area (Å²) in [7, 11) is 0. The van der Waals surface area contributed by atoms with Crippen LogP contribution in [0.1, 0.15) is 36.8 Å². The Morgan fingerprint density at radius 2 is 1.74 bits per heavy atom. The fourth-order valence-electron chi connectivity index (χ4n) is 3.62. The number of likely N-dealkylation sites (tertiary alicyclic amines) is 1. The van der Waals surface area contributed by atoms with Gasteiger partial charge in [0.25, 0.3) is 0 Å². The van der Waals surface area contributed by atoms with Crippen LogP contribution in [0.4, 0.5) is 0 Å². The molecule has 0 atom stereocenters. The molecule has 0 aliphatic carbocycles. The monoisotopic (exact) mass is 338 g/mol. The van der Waals surface area contributed by atoms with Crippen LogP contribution in [0.3, 0.4) is 0 Å². The molecular formula is C19H31ClN2O. The van der Waals surface area contributed by atoms with Crippen molar-refractivity contribution in [1.82, 2.24) is 10.2 Å². The zero-order chi connectivity index (χ0) is 15.4. The maximum atomic E-state index is 6.19. The minimum atomic E-state index is 0. The van der Waals surface area contributed by atoms with Gasteiger partial charge in [-0.15, -0.1) is 12.4 Å². The summed E-state index contributed by atoms with van der Waals surface area (Å²) in [5, 5.41) is 3.46. The molecule has 2 fully saturated rings. The molecule has 2 aliphatic rings. The van der Waals surface area contributed by atoms with Crippen LogP contribution in [-0.2, 0) is 0 Å². The van der Waals surface area contributed by atoms with E-state index in [9.17, 15) is 0 Å². The second-order valence-corrected chi connectivity index (χ2v) is 7.06. The van der Waals surface area contributed by atoms with Crippen molar-refractivity contribution in [3.63, 3.8) is 0 Å². The number of rotatable bonds is 4. The van der Waals surface area contributed by atoms with Gasteiger partial charge in [-0.05, 0) is 81.8 Å². The van der Waals surface area contributed by atoms with Gasteiger partial charge in [-0.2, -0.15) is 0 Å². The second-order valence-electron chi connectivity index (χ2n) is 7.06. The highest BCUT2D eigenvalue weighted by Gasteiger charge is 2.23. The van der Waals surface area contributed by atoms with E-state index >= 15 is 0 Å². The molecule has 0 amide bonds. The molecule has 23 heavy (non-hydrogen) atoms. The quantitative estimate of drug-likeness (QED) is 0.908. The largest absolute Gasteiger partial charge is 0.490 e. The minimum Gasteiger partial charge on any atom is -0.490 e. The highest BCUT2D eigenvalue weighted by atomic mass is 35.5. The summed E-state index contributed by atoms with van der Waals surface area (Å²) in [4.78, 5) is 2.65. The molecule has 0 aromatic heterocycles. The predicted molar refractivity (Wildman–Crippen MR) is 98.8 cm³/mol. The van der Waals surface area contributed by atoms with E-state index in [0.717, 1.165) is 24.5 Å². The smallest absolute Gasteiger partial charge is 0.120 e. The average Bonchev–Trinajstić information content (AvgIpc) is 2.54. The maximum absolute atomic E-state index is 6.19. The summed E-state index contributed by atoms with van der Waals surface area (Å²) in [6, 6.07) is 6.46. The third-order valence-corrected chi connectivity index (χ3v) is 5.29. The van der Waals surface area contributed by atoms with E-state index in [-0.39, 0.29) is 12.4 Å². The molecule has 3 nitrogen and oxygen atoms in total. The van der Waals surface area contributed by atoms with Gasteiger partial charge in [0, 0.05) is 19.6 Å². The van der Waals surface area contributed by atoms with Crippen molar-refractivity contribution in [2.45, 2.75) is 45.6 Å². The summed E-state index contributed by atoms with van der Waals surface area (Å²) in [6.07, 6.45) is 5.42. The standard InChI is InChI=1S/C19H30N2O.ClH/c1-15-3-4-19(13-16(15)2)22-18-7-11-21(12-8-18)14-17-5-9-20-10-6-17;/h3-4,13,17-18,20H,5-12,14H2,1-2H3;1H. The normalized spacial score (nSPS) is 21.0. The number of nitrogens with one attached hydrogen (secondary N) is 1. The van der Waals surface area contributed by atoms with Crippen molar-refractivity contribution >= 4 is 12.4 Å². The third-order valence-electron chi connectivity index (χ3n) is 5.29. The van der Waals surface area contributed by atoms with Gasteiger partial charge in [0.1, 0.15) is 11.9 Å². The Bertz CT molecular complexity index is 480. The van der Waals surface area contributed by atoms with E-state index in [4.69, 9.17) is 4.74 Å². The van der Waals surface area contributed by atoms with Crippen LogP contribution >= 0.6 is 12.4 Å². The van der Waals surface area contributed by atoms with Gasteiger partial charge in [0.15, 0.2) is 0 Å². The van der Waals surface area contributed by atoms with Gasteiger partial charge in [0.2, 0.25) is 0 Å². The molecule has 0 bridgehead atoms. The van der Waals surface area contributed by atoms with Crippen molar-refractivity contribution in [2.75, 3.05) is 32.7 Å². The van der Waals surface area contributed by atoms with Crippen LogP contribution < -0.4 is 10.1 Å². The van der Waals surface area contributed by atoms with Crippen LogP contribution in [0.15, 0.2) is 18.2 Å². The number of ether oxygens (including phenoxy) is 1. The molecule has 1 aromatic carbocycles. The van der Waals surface area contributed by atoms with Crippen LogP contribution in [-0.4, -0.2) is 43.7 Å². The Hall–Kier alpha value is -0.770. The van der Waals surface area contributed by atoms with E-state index in [1.165, 1.54) is 56.7 Å². The first-order chi connectivity index (χ1) is 10.7. The number of hydrogen-bond acceptors (Lipinski definition) is 3. The summed E-state index contributed by atoms with van der Waals surface area (Å²) in [5.74, 6) is 1.94. The van der Waals surface area contributed by atoms with Crippen LogP contribution in [0, 0.1) is 19.8 Å². The Kier molecular flexibility index (Phi) is 7.19. The van der Waals surface area contributed by atoms with E-state index in [1.54, 1.807) is 0 Å². The third kappa shape index (κ3) is 5.37. The van der Waals surface area contributed by atoms with E-state index in [0.29, 0.717) is 6.10 Å². The number of nitrogens with zero attached hydrogens (tertiary/aromatic N) is 1. The molecule has 0 unspecified atom stereocenters. The lowest BCUT2D eigenvalue weighted by molar-refractivity contribution is 0.0872. The molecule has 2 saturated heterocycles. The molecular weight excluding hydrogens is 308 g/mol. The average molecular weight is 339 g/mol. The first-order valence-corrected chi connectivity index (χ1v) is 8.87. The first-order valence-electron chi connectivity index (χ1n) is 8.87. The summed E-state index contributed by atoms with van der Waals surface area (Å²) < 4.78 is 6.19. The molecule has 3 rings (SSSR count). The number of hydrogen-bond donors (Lipinski definition) is 1. The first kappa shape index (κ1) is 18.6. The Balaban J connectivity index is 0.00000192. The highest BCUT2D eigenvalue weighted by Crippen LogP contribution is 2.23. The minimum absolute atomic E-state index is 0. The van der Waals surface area contributed by atoms with E-state index in [1.807, 2.05) is 0 Å². The van der Waals surface area contributed by atoms with Crippen molar-refractivity contribution in [3.8, 4) is 5.75 Å². The molecule has 4 heteroatoms. The van der Waals surface area contributed by atoms with Crippen LogP contribution in [0.25, 0.3) is 0 Å². The molecule has 0 radical (unpaired) electrons. The number of halogens is 1. The lowest BCUT2D eigenvalue weighted by atomic mass is 9.96. The Morgan fingerprint density at radius 1 is 1.04 bits per heavy atom. The molecule has 2 aliphatic heterocycles. The summed E-state index contributed by atoms with van der Waals surface area (Å²) in [6.45, 7) is 10.4. The molecule has 1 N–H and O–H groups in total. The SMILES string of the molecule is Cc1ccc(OC2CCN(CC3CCNCC3)CC2)cc1C.Cl. The molecule has 1 aromatic rings. The van der Waals surface area contributed by atoms with E-state index in [2.05, 4.69) is 42.3 Å². The number of piperidine rings is 2. The second kappa shape index (κ2) is 8.91. The summed E-state index contributed by atoms with van der Waals surface area (Å²) >= 11 is 0. The van der Waals surface area contributed by atoms with Gasteiger partial charge in [0.05, 0.1) is 0 Å². The molecule has 0 spiro atoms. The lowest BCUT2D eigenvalue weighted by Crippen LogP contribution is -2.42. The number of benzene rings is 1. The topological polar surface area (TPSA) is 24.5 Å². The number of aryl methyl sites for hydroxylation is 2. The van der Waals surface area contributed by atoms with Gasteiger partial charge in [-0.25, -0.2) is 0 Å². The van der Waals surface area contributed by atoms with Gasteiger partial charge >= 0.3 is 0 Å². The maximum Gasteiger partial charge on any atom is 0.120 e. The Morgan fingerprint density at radius 3 is 2.39 bits per heavy atom. The Labute approximate surface area is 147 Å².